The highest BCUT2D eigenvalue weighted by Gasteiger charge is 2.30. The summed E-state index contributed by atoms with van der Waals surface area (Å²) in [5, 5.41) is 3.45. The van der Waals surface area contributed by atoms with Crippen molar-refractivity contribution in [3.8, 4) is 0 Å². The third-order valence-electron chi connectivity index (χ3n) is 3.64. The van der Waals surface area contributed by atoms with Gasteiger partial charge in [-0.3, -0.25) is 4.99 Å². The monoisotopic (exact) mass is 398 g/mol. The lowest BCUT2D eigenvalue weighted by molar-refractivity contribution is 0.162. The molecule has 120 valence electrons. The Morgan fingerprint density at radius 2 is 2.10 bits per heavy atom. The number of nitrogens with zero attached hydrogens (tertiary/aromatic N) is 3. The van der Waals surface area contributed by atoms with Crippen LogP contribution >= 0.6 is 24.0 Å². The molecule has 0 radical (unpaired) electrons. The minimum absolute atomic E-state index is 0. The van der Waals surface area contributed by atoms with Crippen molar-refractivity contribution in [2.24, 2.45) is 10.4 Å². The molecule has 1 fully saturated rings. The van der Waals surface area contributed by atoms with Crippen molar-refractivity contribution in [1.29, 1.82) is 0 Å². The summed E-state index contributed by atoms with van der Waals surface area (Å²) < 4.78 is 5.07. The molecule has 0 atom stereocenters. The van der Waals surface area contributed by atoms with E-state index < -0.39 is 0 Å². The third kappa shape index (κ3) is 7.08. The van der Waals surface area contributed by atoms with Gasteiger partial charge >= 0.3 is 0 Å². The van der Waals surface area contributed by atoms with Crippen LogP contribution in [-0.2, 0) is 4.74 Å². The number of aliphatic imine (C=N–C) groups is 1. The number of halogens is 1. The lowest BCUT2D eigenvalue weighted by Gasteiger charge is -2.24. The Labute approximate surface area is 141 Å². The molecule has 0 amide bonds. The molecule has 0 saturated carbocycles. The van der Waals surface area contributed by atoms with Gasteiger partial charge < -0.3 is 19.9 Å². The first kappa shape index (κ1) is 19.9. The van der Waals surface area contributed by atoms with Crippen LogP contribution in [0.2, 0.25) is 0 Å². The summed E-state index contributed by atoms with van der Waals surface area (Å²) in [6, 6.07) is 0. The van der Waals surface area contributed by atoms with Crippen LogP contribution in [-0.4, -0.2) is 76.3 Å². The van der Waals surface area contributed by atoms with Gasteiger partial charge in [-0.15, -0.1) is 24.0 Å². The molecule has 6 heteroatoms. The lowest BCUT2D eigenvalue weighted by atomic mass is 9.93. The van der Waals surface area contributed by atoms with Crippen molar-refractivity contribution < 1.29 is 4.74 Å². The Bertz CT molecular complexity index is 297. The number of nitrogens with one attached hydrogen (secondary N) is 1. The van der Waals surface area contributed by atoms with Gasteiger partial charge in [-0.1, -0.05) is 13.8 Å². The molecular formula is C14H31IN4O. The minimum atomic E-state index is 0. The summed E-state index contributed by atoms with van der Waals surface area (Å²) >= 11 is 0. The lowest BCUT2D eigenvalue weighted by Crippen LogP contribution is -2.43. The zero-order valence-electron chi connectivity index (χ0n) is 13.6. The van der Waals surface area contributed by atoms with Gasteiger partial charge in [0.2, 0.25) is 0 Å². The number of likely N-dealkylation sites (N-methyl/N-ethyl adjacent to an activating group) is 1. The summed E-state index contributed by atoms with van der Waals surface area (Å²) in [6.45, 7) is 10.5. The van der Waals surface area contributed by atoms with E-state index in [4.69, 9.17) is 4.74 Å². The average Bonchev–Trinajstić information content (AvgIpc) is 2.72. The Kier molecular flexibility index (Phi) is 9.74. The minimum Gasteiger partial charge on any atom is -0.383 e. The van der Waals surface area contributed by atoms with Crippen LogP contribution in [0.4, 0.5) is 0 Å². The zero-order valence-corrected chi connectivity index (χ0v) is 15.9. The van der Waals surface area contributed by atoms with Crippen LogP contribution in [0.1, 0.15) is 20.3 Å². The van der Waals surface area contributed by atoms with E-state index in [9.17, 15) is 0 Å². The van der Waals surface area contributed by atoms with E-state index in [2.05, 4.69) is 41.0 Å². The van der Waals surface area contributed by atoms with Gasteiger partial charge in [-0.2, -0.15) is 0 Å². The topological polar surface area (TPSA) is 40.1 Å². The molecule has 20 heavy (non-hydrogen) atoms. The van der Waals surface area contributed by atoms with E-state index in [0.717, 1.165) is 45.3 Å². The predicted octanol–water partition coefficient (Wildman–Crippen LogP) is 1.49. The maximum absolute atomic E-state index is 5.07. The number of likely N-dealkylation sites (tertiary alicyclic amines) is 1. The Balaban J connectivity index is 0.00000361. The van der Waals surface area contributed by atoms with E-state index in [1.807, 2.05) is 7.05 Å². The fraction of sp³-hybridized carbons (Fsp3) is 0.929. The first-order valence-electron chi connectivity index (χ1n) is 7.11. The van der Waals surface area contributed by atoms with Gasteiger partial charge in [-0.05, 0) is 18.9 Å². The normalized spacial score (nSPS) is 18.3. The van der Waals surface area contributed by atoms with Gasteiger partial charge in [-0.25, -0.2) is 0 Å². The van der Waals surface area contributed by atoms with Gasteiger partial charge in [0.15, 0.2) is 5.96 Å². The molecule has 0 aliphatic carbocycles. The zero-order chi connectivity index (χ0) is 14.3. The third-order valence-corrected chi connectivity index (χ3v) is 3.64. The molecule has 0 aromatic carbocycles. The molecule has 0 aromatic heterocycles. The number of methoxy groups -OCH3 is 1. The van der Waals surface area contributed by atoms with Crippen LogP contribution < -0.4 is 5.32 Å². The molecule has 0 aromatic rings. The highest BCUT2D eigenvalue weighted by molar-refractivity contribution is 14.0. The van der Waals surface area contributed by atoms with Gasteiger partial charge in [0.25, 0.3) is 0 Å². The number of ether oxygens (including phenoxy) is 1. The average molecular weight is 398 g/mol. The van der Waals surface area contributed by atoms with E-state index in [1.165, 1.54) is 6.42 Å². The highest BCUT2D eigenvalue weighted by atomic mass is 127. The van der Waals surface area contributed by atoms with E-state index in [1.54, 1.807) is 7.11 Å². The van der Waals surface area contributed by atoms with Crippen LogP contribution in [0.5, 0.6) is 0 Å². The standard InChI is InChI=1S/C14H30N4O.HI/c1-14(2)6-8-18(12-14)13(15-3)16-7-9-17(4)10-11-19-5;/h6-12H2,1-5H3,(H,15,16);1H. The molecule has 0 bridgehead atoms. The Hall–Kier alpha value is -0.0800. The quantitative estimate of drug-likeness (QED) is 0.418. The first-order chi connectivity index (χ1) is 8.98. The summed E-state index contributed by atoms with van der Waals surface area (Å²) in [7, 11) is 5.72. The number of guanidine groups is 1. The fourth-order valence-corrected chi connectivity index (χ4v) is 2.34. The van der Waals surface area contributed by atoms with Gasteiger partial charge in [0, 0.05) is 46.9 Å². The second-order valence-electron chi connectivity index (χ2n) is 6.11. The highest BCUT2D eigenvalue weighted by Crippen LogP contribution is 2.28. The second-order valence-corrected chi connectivity index (χ2v) is 6.11. The SMILES string of the molecule is CN=C(NCCN(C)CCOC)N1CCC(C)(C)C1.I. The Morgan fingerprint density at radius 3 is 2.60 bits per heavy atom. The van der Waals surface area contributed by atoms with E-state index >= 15 is 0 Å². The predicted molar refractivity (Wildman–Crippen MR) is 96.1 cm³/mol. The smallest absolute Gasteiger partial charge is 0.193 e. The van der Waals surface area contributed by atoms with E-state index in [-0.39, 0.29) is 24.0 Å². The van der Waals surface area contributed by atoms with Gasteiger partial charge in [0.1, 0.15) is 0 Å². The fourth-order valence-electron chi connectivity index (χ4n) is 2.34. The second kappa shape index (κ2) is 9.78. The van der Waals surface area contributed by atoms with Crippen LogP contribution in [0, 0.1) is 5.41 Å². The van der Waals surface area contributed by atoms with Gasteiger partial charge in [0.05, 0.1) is 6.61 Å². The maximum atomic E-state index is 5.07. The molecule has 1 aliphatic rings. The molecule has 0 unspecified atom stereocenters. The van der Waals surface area contributed by atoms with Crippen LogP contribution in [0.3, 0.4) is 0 Å². The maximum Gasteiger partial charge on any atom is 0.193 e. The van der Waals surface area contributed by atoms with Crippen molar-refractivity contribution >= 4 is 29.9 Å². The molecule has 1 rings (SSSR count). The van der Waals surface area contributed by atoms with Crippen molar-refractivity contribution in [3.05, 3.63) is 0 Å². The van der Waals surface area contributed by atoms with Crippen molar-refractivity contribution in [1.82, 2.24) is 15.1 Å². The van der Waals surface area contributed by atoms with Crippen molar-refractivity contribution in [3.63, 3.8) is 0 Å². The molecule has 1 N–H and O–H groups in total. The molecule has 1 saturated heterocycles. The number of hydrogen-bond acceptors (Lipinski definition) is 3. The largest absolute Gasteiger partial charge is 0.383 e. The molecule has 5 nitrogen and oxygen atoms in total. The summed E-state index contributed by atoms with van der Waals surface area (Å²) in [4.78, 5) is 9.00. The number of rotatable bonds is 6. The van der Waals surface area contributed by atoms with Crippen molar-refractivity contribution in [2.75, 3.05) is 60.5 Å². The van der Waals surface area contributed by atoms with Crippen LogP contribution in [0.25, 0.3) is 0 Å². The van der Waals surface area contributed by atoms with E-state index in [0.29, 0.717) is 5.41 Å². The molecular weight excluding hydrogens is 367 g/mol. The summed E-state index contributed by atoms with van der Waals surface area (Å²) in [5.74, 6) is 1.03. The Morgan fingerprint density at radius 1 is 1.40 bits per heavy atom. The molecule has 0 spiro atoms. The summed E-state index contributed by atoms with van der Waals surface area (Å²) in [5.41, 5.74) is 0.410. The first-order valence-corrected chi connectivity index (χ1v) is 7.11. The van der Waals surface area contributed by atoms with Crippen LogP contribution in [0.15, 0.2) is 4.99 Å². The van der Waals surface area contributed by atoms with Crippen molar-refractivity contribution in [2.45, 2.75) is 20.3 Å². The molecule has 1 aliphatic heterocycles. The number of hydrogen-bond donors (Lipinski definition) is 1. The molecule has 1 heterocycles. The summed E-state index contributed by atoms with van der Waals surface area (Å²) in [6.07, 6.45) is 1.24.